The van der Waals surface area contributed by atoms with Crippen molar-refractivity contribution < 1.29 is 9.90 Å². The second-order valence-electron chi connectivity index (χ2n) is 3.80. The van der Waals surface area contributed by atoms with Crippen molar-refractivity contribution >= 4 is 5.97 Å². The van der Waals surface area contributed by atoms with Gasteiger partial charge in [0.25, 0.3) is 0 Å². The predicted octanol–water partition coefficient (Wildman–Crippen LogP) is 3.21. The largest absolute Gasteiger partial charge is 0.478 e. The Morgan fingerprint density at radius 3 is 2.40 bits per heavy atom. The van der Waals surface area contributed by atoms with Gasteiger partial charge in [0.15, 0.2) is 0 Å². The molecular formula is C13H18O2. The van der Waals surface area contributed by atoms with Crippen molar-refractivity contribution in [1.82, 2.24) is 0 Å². The predicted molar refractivity (Wildman–Crippen MR) is 61.5 cm³/mol. The molecule has 0 saturated heterocycles. The zero-order chi connectivity index (χ0) is 11.4. The van der Waals surface area contributed by atoms with Crippen molar-refractivity contribution in [2.75, 3.05) is 0 Å². The van der Waals surface area contributed by atoms with E-state index >= 15 is 0 Å². The molecular weight excluding hydrogens is 188 g/mol. The lowest BCUT2D eigenvalue weighted by Crippen LogP contribution is -2.07. The Bertz CT molecular complexity index is 367. The Morgan fingerprint density at radius 1 is 1.27 bits per heavy atom. The van der Waals surface area contributed by atoms with E-state index in [1.807, 2.05) is 13.0 Å². The molecule has 1 N–H and O–H groups in total. The van der Waals surface area contributed by atoms with Crippen molar-refractivity contribution in [2.45, 2.75) is 40.0 Å². The molecule has 0 spiro atoms. The van der Waals surface area contributed by atoms with Gasteiger partial charge in [-0.15, -0.1) is 0 Å². The van der Waals surface area contributed by atoms with Crippen LogP contribution in [0.1, 0.15) is 47.3 Å². The van der Waals surface area contributed by atoms with Crippen LogP contribution in [0.2, 0.25) is 0 Å². The van der Waals surface area contributed by atoms with Crippen LogP contribution in [0, 0.1) is 6.92 Å². The molecule has 0 aliphatic rings. The third-order valence-corrected chi connectivity index (χ3v) is 2.75. The van der Waals surface area contributed by atoms with E-state index in [-0.39, 0.29) is 0 Å². The summed E-state index contributed by atoms with van der Waals surface area (Å²) in [6, 6.07) is 3.63. The van der Waals surface area contributed by atoms with Crippen LogP contribution < -0.4 is 0 Å². The summed E-state index contributed by atoms with van der Waals surface area (Å²) in [6.07, 6.45) is 2.74. The molecule has 1 rings (SSSR count). The lowest BCUT2D eigenvalue weighted by Gasteiger charge is -2.13. The minimum absolute atomic E-state index is 0.472. The molecule has 0 radical (unpaired) electrons. The van der Waals surface area contributed by atoms with Crippen molar-refractivity contribution in [3.05, 3.63) is 34.4 Å². The normalized spacial score (nSPS) is 10.3. The fourth-order valence-electron chi connectivity index (χ4n) is 2.04. The van der Waals surface area contributed by atoms with Crippen LogP contribution in [0.25, 0.3) is 0 Å². The second kappa shape index (κ2) is 4.96. The first-order valence-corrected chi connectivity index (χ1v) is 5.46. The Morgan fingerprint density at radius 2 is 1.93 bits per heavy atom. The summed E-state index contributed by atoms with van der Waals surface area (Å²) in [5, 5.41) is 9.10. The quantitative estimate of drug-likeness (QED) is 0.821. The standard InChI is InChI=1S/C13H18O2/c1-4-6-11-10(5-2)9(3)7-8-12(11)13(14)15/h7-8H,4-6H2,1-3H3,(H,14,15). The van der Waals surface area contributed by atoms with Gasteiger partial charge in [-0.3, -0.25) is 0 Å². The van der Waals surface area contributed by atoms with Gasteiger partial charge in [-0.05, 0) is 42.5 Å². The highest BCUT2D eigenvalue weighted by Crippen LogP contribution is 2.21. The summed E-state index contributed by atoms with van der Waals surface area (Å²) >= 11 is 0. The van der Waals surface area contributed by atoms with E-state index in [1.165, 1.54) is 11.1 Å². The second-order valence-corrected chi connectivity index (χ2v) is 3.80. The third-order valence-electron chi connectivity index (χ3n) is 2.75. The molecule has 0 unspecified atom stereocenters. The molecule has 1 aromatic carbocycles. The zero-order valence-electron chi connectivity index (χ0n) is 9.63. The molecule has 0 saturated carbocycles. The van der Waals surface area contributed by atoms with Crippen molar-refractivity contribution in [3.8, 4) is 0 Å². The summed E-state index contributed by atoms with van der Waals surface area (Å²) < 4.78 is 0. The minimum atomic E-state index is -0.812. The van der Waals surface area contributed by atoms with Gasteiger partial charge in [0.2, 0.25) is 0 Å². The number of hydrogen-bond acceptors (Lipinski definition) is 1. The average molecular weight is 206 g/mol. The molecule has 0 fully saturated rings. The number of benzene rings is 1. The Hall–Kier alpha value is -1.31. The first-order valence-electron chi connectivity index (χ1n) is 5.46. The number of aromatic carboxylic acids is 1. The molecule has 0 aliphatic carbocycles. The first-order chi connectivity index (χ1) is 7.11. The highest BCUT2D eigenvalue weighted by molar-refractivity contribution is 5.90. The summed E-state index contributed by atoms with van der Waals surface area (Å²) in [6.45, 7) is 6.20. The lowest BCUT2D eigenvalue weighted by atomic mass is 9.92. The third kappa shape index (κ3) is 2.38. The number of carboxylic acids is 1. The number of rotatable bonds is 4. The lowest BCUT2D eigenvalue weighted by molar-refractivity contribution is 0.0695. The van der Waals surface area contributed by atoms with Crippen LogP contribution in [0.15, 0.2) is 12.1 Å². The van der Waals surface area contributed by atoms with Gasteiger partial charge >= 0.3 is 5.97 Å². The van der Waals surface area contributed by atoms with Gasteiger partial charge in [-0.2, -0.15) is 0 Å². The summed E-state index contributed by atoms with van der Waals surface area (Å²) in [5.74, 6) is -0.812. The molecule has 0 amide bonds. The highest BCUT2D eigenvalue weighted by atomic mass is 16.4. The maximum atomic E-state index is 11.1. The van der Waals surface area contributed by atoms with Crippen molar-refractivity contribution in [1.29, 1.82) is 0 Å². The Balaban J connectivity index is 3.34. The zero-order valence-corrected chi connectivity index (χ0v) is 9.63. The molecule has 15 heavy (non-hydrogen) atoms. The van der Waals surface area contributed by atoms with E-state index < -0.39 is 5.97 Å². The Labute approximate surface area is 90.9 Å². The van der Waals surface area contributed by atoms with Crippen LogP contribution in [-0.2, 0) is 12.8 Å². The van der Waals surface area contributed by atoms with Gasteiger partial charge < -0.3 is 5.11 Å². The summed E-state index contributed by atoms with van der Waals surface area (Å²) in [5.41, 5.74) is 3.90. The van der Waals surface area contributed by atoms with E-state index in [1.54, 1.807) is 6.07 Å². The molecule has 0 atom stereocenters. The molecule has 0 aromatic heterocycles. The maximum Gasteiger partial charge on any atom is 0.335 e. The smallest absolute Gasteiger partial charge is 0.335 e. The van der Waals surface area contributed by atoms with Crippen LogP contribution in [0.5, 0.6) is 0 Å². The number of carboxylic acid groups (broad SMARTS) is 1. The van der Waals surface area contributed by atoms with Crippen LogP contribution in [-0.4, -0.2) is 11.1 Å². The SMILES string of the molecule is CCCc1c(C(=O)O)ccc(C)c1CC. The minimum Gasteiger partial charge on any atom is -0.478 e. The molecule has 82 valence electrons. The van der Waals surface area contributed by atoms with E-state index in [0.717, 1.165) is 24.8 Å². The summed E-state index contributed by atoms with van der Waals surface area (Å²) in [7, 11) is 0. The van der Waals surface area contributed by atoms with Gasteiger partial charge in [0.1, 0.15) is 0 Å². The van der Waals surface area contributed by atoms with Gasteiger partial charge in [0, 0.05) is 0 Å². The van der Waals surface area contributed by atoms with Gasteiger partial charge in [-0.25, -0.2) is 4.79 Å². The number of aryl methyl sites for hydroxylation is 1. The fraction of sp³-hybridized carbons (Fsp3) is 0.462. The van der Waals surface area contributed by atoms with Crippen molar-refractivity contribution in [3.63, 3.8) is 0 Å². The van der Waals surface area contributed by atoms with E-state index in [4.69, 9.17) is 5.11 Å². The molecule has 1 aromatic rings. The van der Waals surface area contributed by atoms with Crippen LogP contribution >= 0.6 is 0 Å². The monoisotopic (exact) mass is 206 g/mol. The molecule has 0 bridgehead atoms. The van der Waals surface area contributed by atoms with Crippen LogP contribution in [0.3, 0.4) is 0 Å². The highest BCUT2D eigenvalue weighted by Gasteiger charge is 2.13. The average Bonchev–Trinajstić information content (AvgIpc) is 2.18. The molecule has 2 heteroatoms. The maximum absolute atomic E-state index is 11.1. The van der Waals surface area contributed by atoms with Gasteiger partial charge in [0.05, 0.1) is 5.56 Å². The Kier molecular flexibility index (Phi) is 3.89. The first kappa shape index (κ1) is 11.8. The topological polar surface area (TPSA) is 37.3 Å². The molecule has 2 nitrogen and oxygen atoms in total. The van der Waals surface area contributed by atoms with Crippen LogP contribution in [0.4, 0.5) is 0 Å². The molecule has 0 aliphatic heterocycles. The molecule has 0 heterocycles. The summed E-state index contributed by atoms with van der Waals surface area (Å²) in [4.78, 5) is 11.1. The van der Waals surface area contributed by atoms with Gasteiger partial charge in [-0.1, -0.05) is 26.3 Å². The van der Waals surface area contributed by atoms with Crippen molar-refractivity contribution in [2.24, 2.45) is 0 Å². The van der Waals surface area contributed by atoms with E-state index in [2.05, 4.69) is 13.8 Å². The number of hydrogen-bond donors (Lipinski definition) is 1. The van der Waals surface area contributed by atoms with E-state index in [9.17, 15) is 4.79 Å². The fourth-order valence-corrected chi connectivity index (χ4v) is 2.04. The number of carbonyl (C=O) groups is 1. The van der Waals surface area contributed by atoms with E-state index in [0.29, 0.717) is 5.56 Å².